The van der Waals surface area contributed by atoms with Gasteiger partial charge in [0.25, 0.3) is 0 Å². The van der Waals surface area contributed by atoms with E-state index in [2.05, 4.69) is 4.31 Å². The largest absolute Gasteiger partial charge is 2.00 e. The third-order valence-electron chi connectivity index (χ3n) is 1.19. The van der Waals surface area contributed by atoms with Gasteiger partial charge in [-0.2, -0.15) is 0 Å². The van der Waals surface area contributed by atoms with E-state index in [0.717, 1.165) is 5.56 Å². The molecule has 0 amide bonds. The average molecular weight is 359 g/mol. The fourth-order valence-electron chi connectivity index (χ4n) is 0.651. The molecule has 6 nitrogen and oxygen atoms in total. The Labute approximate surface area is 108 Å². The van der Waals surface area contributed by atoms with Gasteiger partial charge in [0.1, 0.15) is 16.5 Å². The average Bonchev–Trinajstić information content (AvgIpc) is 2.18. The summed E-state index contributed by atoms with van der Waals surface area (Å²) in [4.78, 5) is 18.6. The summed E-state index contributed by atoms with van der Waals surface area (Å²) < 4.78 is 21.8. The van der Waals surface area contributed by atoms with Crippen LogP contribution in [0.25, 0.3) is 0 Å². The van der Waals surface area contributed by atoms with Gasteiger partial charge in [-0.15, -0.1) is 0 Å². The van der Waals surface area contributed by atoms with E-state index in [0.29, 0.717) is 0 Å². The SMILES string of the molecule is O=[PH]([O-])O[PH](=O)[O-].OCc1ccccc1.[Pd+2]. The van der Waals surface area contributed by atoms with Crippen LogP contribution in [0.5, 0.6) is 0 Å². The fourth-order valence-corrected chi connectivity index (χ4v) is 1.20. The Bertz CT molecular complexity index is 308. The maximum absolute atomic E-state index is 9.29. The summed E-state index contributed by atoms with van der Waals surface area (Å²) in [6.45, 7) is 0.140. The molecule has 0 fully saturated rings. The van der Waals surface area contributed by atoms with E-state index >= 15 is 0 Å². The summed E-state index contributed by atoms with van der Waals surface area (Å²) in [6.07, 6.45) is 0. The number of aliphatic hydroxyl groups excluding tert-OH is 1. The quantitative estimate of drug-likeness (QED) is 0.586. The fraction of sp³-hybridized carbons (Fsp3) is 0.143. The molecule has 94 valence electrons. The summed E-state index contributed by atoms with van der Waals surface area (Å²) in [7, 11) is -7.03. The van der Waals surface area contributed by atoms with Crippen LogP contribution in [-0.4, -0.2) is 5.11 Å². The van der Waals surface area contributed by atoms with Crippen molar-refractivity contribution in [1.82, 2.24) is 0 Å². The first-order chi connectivity index (χ1) is 7.06. The molecule has 0 heterocycles. The maximum atomic E-state index is 9.29. The predicted molar refractivity (Wildman–Crippen MR) is 51.5 cm³/mol. The van der Waals surface area contributed by atoms with Gasteiger partial charge >= 0.3 is 20.4 Å². The van der Waals surface area contributed by atoms with E-state index in [1.165, 1.54) is 0 Å². The monoisotopic (exact) mass is 358 g/mol. The van der Waals surface area contributed by atoms with Crippen LogP contribution in [0.2, 0.25) is 0 Å². The van der Waals surface area contributed by atoms with E-state index in [1.54, 1.807) is 0 Å². The molecule has 0 aliphatic carbocycles. The van der Waals surface area contributed by atoms with Gasteiger partial charge in [0.15, 0.2) is 0 Å². The van der Waals surface area contributed by atoms with Gasteiger partial charge in [-0.1, -0.05) is 30.3 Å². The summed E-state index contributed by atoms with van der Waals surface area (Å²) >= 11 is 0. The number of benzene rings is 1. The van der Waals surface area contributed by atoms with Crippen molar-refractivity contribution in [1.29, 1.82) is 0 Å². The molecule has 0 bridgehead atoms. The molecule has 1 N–H and O–H groups in total. The number of rotatable bonds is 3. The molecule has 0 aliphatic heterocycles. The Morgan fingerprint density at radius 3 is 1.75 bits per heavy atom. The van der Waals surface area contributed by atoms with Crippen LogP contribution in [0, 0.1) is 0 Å². The molecule has 0 saturated heterocycles. The van der Waals surface area contributed by atoms with Gasteiger partial charge in [-0.05, 0) is 5.56 Å². The van der Waals surface area contributed by atoms with Gasteiger partial charge in [-0.25, -0.2) is 0 Å². The van der Waals surface area contributed by atoms with E-state index in [1.807, 2.05) is 30.3 Å². The first-order valence-corrected chi connectivity index (χ1v) is 6.25. The minimum atomic E-state index is -3.51. The zero-order chi connectivity index (χ0) is 11.7. The Morgan fingerprint density at radius 1 is 1.12 bits per heavy atom. The minimum absolute atomic E-state index is 0. The van der Waals surface area contributed by atoms with Gasteiger partial charge in [0.2, 0.25) is 0 Å². The van der Waals surface area contributed by atoms with Crippen LogP contribution in [0.4, 0.5) is 0 Å². The number of aliphatic hydroxyl groups is 1. The molecule has 2 unspecified atom stereocenters. The second-order valence-corrected chi connectivity index (χ2v) is 4.06. The molecule has 0 aliphatic rings. The van der Waals surface area contributed by atoms with Crippen molar-refractivity contribution >= 4 is 16.5 Å². The van der Waals surface area contributed by atoms with Crippen molar-refractivity contribution in [3.8, 4) is 0 Å². The van der Waals surface area contributed by atoms with Gasteiger partial charge in [0, 0.05) is 0 Å². The molecule has 2 atom stereocenters. The van der Waals surface area contributed by atoms with Crippen LogP contribution in [-0.2, 0) is 40.5 Å². The molecule has 1 rings (SSSR count). The smallest absolute Gasteiger partial charge is 0.781 e. The summed E-state index contributed by atoms with van der Waals surface area (Å²) in [5, 5.41) is 8.54. The van der Waals surface area contributed by atoms with Gasteiger partial charge in [-0.3, -0.25) is 4.31 Å². The third-order valence-corrected chi connectivity index (χ3v) is 2.53. The number of hydrogen-bond acceptors (Lipinski definition) is 6. The standard InChI is InChI=1S/C7H8O.H4O5P2.Pd/c8-6-7-4-2-1-3-5-7;1-6(2)5-7(3)4;/h1-5,8H,6H2;6-7H,(H,1,2)(H,3,4);/q;;+2/p-2. The Hall–Kier alpha value is 0.182. The molecule has 0 spiro atoms. The Balaban J connectivity index is 0. The van der Waals surface area contributed by atoms with Crippen LogP contribution in [0.3, 0.4) is 0 Å². The van der Waals surface area contributed by atoms with Crippen molar-refractivity contribution in [2.75, 3.05) is 0 Å². The Morgan fingerprint density at radius 2 is 1.56 bits per heavy atom. The first kappa shape index (κ1) is 18.5. The van der Waals surface area contributed by atoms with E-state index in [9.17, 15) is 18.9 Å². The van der Waals surface area contributed by atoms with Crippen molar-refractivity contribution < 1.29 is 48.8 Å². The molecule has 1 aromatic carbocycles. The third kappa shape index (κ3) is 12.3. The van der Waals surface area contributed by atoms with Crippen molar-refractivity contribution in [3.63, 3.8) is 0 Å². The van der Waals surface area contributed by atoms with Crippen molar-refractivity contribution in [2.24, 2.45) is 0 Å². The first-order valence-electron chi connectivity index (χ1n) is 3.81. The van der Waals surface area contributed by atoms with Gasteiger partial charge in [0.05, 0.1) is 6.61 Å². The van der Waals surface area contributed by atoms with E-state index in [-0.39, 0.29) is 27.0 Å². The topological polar surface area (TPSA) is 110 Å². The van der Waals surface area contributed by atoms with Gasteiger partial charge < -0.3 is 24.0 Å². The Kier molecular flexibility index (Phi) is 13.5. The summed E-state index contributed by atoms with van der Waals surface area (Å²) in [5.74, 6) is 0. The molecular weight excluding hydrogens is 348 g/mol. The zero-order valence-electron chi connectivity index (χ0n) is 7.90. The normalized spacial score (nSPS) is 12.7. The maximum Gasteiger partial charge on any atom is 2.00 e. The van der Waals surface area contributed by atoms with E-state index in [4.69, 9.17) is 5.11 Å². The molecule has 0 aromatic heterocycles. The van der Waals surface area contributed by atoms with Crippen LogP contribution in [0.1, 0.15) is 5.56 Å². The molecule has 9 heteroatoms. The molecule has 1 aromatic rings. The van der Waals surface area contributed by atoms with Crippen molar-refractivity contribution in [3.05, 3.63) is 35.9 Å². The summed E-state index contributed by atoms with van der Waals surface area (Å²) in [6, 6.07) is 9.52. The zero-order valence-corrected chi connectivity index (χ0v) is 11.5. The molecule has 0 saturated carbocycles. The van der Waals surface area contributed by atoms with Crippen LogP contribution >= 0.6 is 16.5 Å². The van der Waals surface area contributed by atoms with E-state index < -0.39 is 16.5 Å². The van der Waals surface area contributed by atoms with Crippen LogP contribution < -0.4 is 9.79 Å². The van der Waals surface area contributed by atoms with Crippen molar-refractivity contribution in [2.45, 2.75) is 6.61 Å². The second kappa shape index (κ2) is 11.7. The summed E-state index contributed by atoms with van der Waals surface area (Å²) in [5.41, 5.74) is 0.965. The number of hydrogen-bond donors (Lipinski definition) is 1. The minimum Gasteiger partial charge on any atom is -0.781 e. The second-order valence-electron chi connectivity index (χ2n) is 2.25. The predicted octanol–water partition coefficient (Wildman–Crippen LogP) is -0.321. The molecular formula is C7H10O6P2Pd. The molecule has 0 radical (unpaired) electrons. The van der Waals surface area contributed by atoms with Crippen LogP contribution in [0.15, 0.2) is 30.3 Å². The molecule has 16 heavy (non-hydrogen) atoms.